The average Bonchev–Trinajstić information content (AvgIpc) is 2.42. The molecule has 5 heteroatoms. The van der Waals surface area contributed by atoms with E-state index in [1.165, 1.54) is 7.11 Å². The molecule has 0 radical (unpaired) electrons. The summed E-state index contributed by atoms with van der Waals surface area (Å²) in [6.07, 6.45) is 0. The molecule has 3 nitrogen and oxygen atoms in total. The van der Waals surface area contributed by atoms with Crippen molar-refractivity contribution >= 4 is 30.1 Å². The van der Waals surface area contributed by atoms with E-state index in [1.807, 2.05) is 42.5 Å². The summed E-state index contributed by atoms with van der Waals surface area (Å²) in [6.45, 7) is 1.58. The fraction of sp³-hybridized carbons (Fsp3) is 0.143. The van der Waals surface area contributed by atoms with Gasteiger partial charge in [-0.05, 0) is 30.3 Å². The second-order valence-corrected chi connectivity index (χ2v) is 7.85. The van der Waals surface area contributed by atoms with Gasteiger partial charge in [0, 0.05) is 29.3 Å². The van der Waals surface area contributed by atoms with Crippen molar-refractivity contribution in [2.75, 3.05) is 19.5 Å². The normalized spacial score (nSPS) is 14.0. The van der Waals surface area contributed by atoms with E-state index in [0.717, 1.165) is 9.79 Å². The zero-order chi connectivity index (χ0) is 13.9. The molecule has 0 spiro atoms. The first-order valence-electron chi connectivity index (χ1n) is 5.79. The van der Waals surface area contributed by atoms with Crippen molar-refractivity contribution in [3.8, 4) is 0 Å². The Morgan fingerprint density at radius 1 is 1.11 bits per heavy atom. The molecule has 0 amide bonds. The Kier molecular flexibility index (Phi) is 4.35. The fourth-order valence-corrected chi connectivity index (χ4v) is 3.74. The molecule has 1 unspecified atom stereocenters. The van der Waals surface area contributed by atoms with Crippen LogP contribution in [-0.2, 0) is 9.09 Å². The lowest BCUT2D eigenvalue weighted by Crippen LogP contribution is -2.11. The Labute approximate surface area is 117 Å². The number of nitrogens with two attached hydrogens (primary N) is 1. The molecule has 100 valence electrons. The third-order valence-corrected chi connectivity index (χ3v) is 5.72. The molecule has 2 aromatic carbocycles. The number of anilines is 1. The van der Waals surface area contributed by atoms with Gasteiger partial charge in [0.25, 0.3) is 0 Å². The minimum Gasteiger partial charge on any atom is -0.398 e. The van der Waals surface area contributed by atoms with Crippen LogP contribution in [0, 0.1) is 0 Å². The van der Waals surface area contributed by atoms with Gasteiger partial charge in [-0.2, -0.15) is 0 Å². The topological polar surface area (TPSA) is 52.3 Å². The molecule has 0 aliphatic carbocycles. The largest absolute Gasteiger partial charge is 0.398 e. The van der Waals surface area contributed by atoms with Crippen molar-refractivity contribution in [3.05, 3.63) is 48.5 Å². The molecule has 2 aromatic rings. The monoisotopic (exact) mass is 293 g/mol. The lowest BCUT2D eigenvalue weighted by Gasteiger charge is -2.14. The highest BCUT2D eigenvalue weighted by molar-refractivity contribution is 7.99. The second-order valence-electron chi connectivity index (χ2n) is 4.16. The van der Waals surface area contributed by atoms with E-state index in [2.05, 4.69) is 0 Å². The molecule has 2 N–H and O–H groups in total. The first kappa shape index (κ1) is 14.2. The predicted molar refractivity (Wildman–Crippen MR) is 81.6 cm³/mol. The number of hydrogen-bond acceptors (Lipinski definition) is 4. The molecule has 0 aliphatic rings. The van der Waals surface area contributed by atoms with E-state index in [-0.39, 0.29) is 0 Å². The van der Waals surface area contributed by atoms with Crippen LogP contribution < -0.4 is 11.0 Å². The molecule has 0 heterocycles. The van der Waals surface area contributed by atoms with Crippen LogP contribution in [0.4, 0.5) is 5.69 Å². The van der Waals surface area contributed by atoms with Crippen molar-refractivity contribution in [1.29, 1.82) is 0 Å². The Morgan fingerprint density at radius 3 is 2.42 bits per heavy atom. The fourth-order valence-electron chi connectivity index (χ4n) is 1.66. The summed E-state index contributed by atoms with van der Waals surface area (Å²) in [6, 6.07) is 15.6. The molecule has 0 aromatic heterocycles. The Bertz CT molecular complexity index is 616. The molecule has 0 fully saturated rings. The highest BCUT2D eigenvalue weighted by Gasteiger charge is 2.20. The third-order valence-electron chi connectivity index (χ3n) is 2.77. The van der Waals surface area contributed by atoms with Crippen LogP contribution in [0.15, 0.2) is 58.3 Å². The summed E-state index contributed by atoms with van der Waals surface area (Å²) in [5, 5.41) is 0.580. The second kappa shape index (κ2) is 5.83. The quantitative estimate of drug-likeness (QED) is 0.691. The van der Waals surface area contributed by atoms with Gasteiger partial charge in [-0.15, -0.1) is 0 Å². The van der Waals surface area contributed by atoms with E-state index in [4.69, 9.17) is 10.3 Å². The van der Waals surface area contributed by atoms with Gasteiger partial charge >= 0.3 is 0 Å². The average molecular weight is 293 g/mol. The maximum atomic E-state index is 12.3. The van der Waals surface area contributed by atoms with Crippen molar-refractivity contribution in [2.24, 2.45) is 0 Å². The summed E-state index contributed by atoms with van der Waals surface area (Å²) < 4.78 is 17.4. The molecular formula is C14H16NO2PS. The van der Waals surface area contributed by atoms with Gasteiger partial charge in [-0.3, -0.25) is 4.57 Å². The molecule has 1 atom stereocenters. The zero-order valence-corrected chi connectivity index (χ0v) is 12.6. The lowest BCUT2D eigenvalue weighted by atomic mass is 10.3. The summed E-state index contributed by atoms with van der Waals surface area (Å²) in [4.78, 5) is 2.12. The maximum Gasteiger partial charge on any atom is 0.230 e. The molecule has 2 rings (SSSR count). The van der Waals surface area contributed by atoms with Crippen molar-refractivity contribution in [3.63, 3.8) is 0 Å². The van der Waals surface area contributed by atoms with Gasteiger partial charge in [-0.25, -0.2) is 0 Å². The van der Waals surface area contributed by atoms with Gasteiger partial charge < -0.3 is 10.3 Å². The highest BCUT2D eigenvalue weighted by atomic mass is 32.2. The standard InChI is InChI=1S/C14H16NO2PS/c1-17-18(2,16)14-10-12(8-9-13(14)15)19-11-6-4-3-5-7-11/h3-10H,15H2,1-2H3. The van der Waals surface area contributed by atoms with Gasteiger partial charge in [-0.1, -0.05) is 30.0 Å². The SMILES string of the molecule is COP(C)(=O)c1cc(Sc2ccccc2)ccc1N. The minimum absolute atomic E-state index is 0.505. The van der Waals surface area contributed by atoms with Crippen LogP contribution in [0.1, 0.15) is 0 Å². The van der Waals surface area contributed by atoms with E-state index in [0.29, 0.717) is 11.0 Å². The summed E-state index contributed by atoms with van der Waals surface area (Å²) in [5.74, 6) is 0. The van der Waals surface area contributed by atoms with Crippen LogP contribution in [-0.4, -0.2) is 13.8 Å². The zero-order valence-electron chi connectivity index (χ0n) is 10.9. The van der Waals surface area contributed by atoms with Gasteiger partial charge in [0.05, 0.1) is 5.30 Å². The van der Waals surface area contributed by atoms with Crippen molar-refractivity contribution in [2.45, 2.75) is 9.79 Å². The summed E-state index contributed by atoms with van der Waals surface area (Å²) in [7, 11) is -1.39. The number of benzene rings is 2. The number of hydrogen-bond donors (Lipinski definition) is 1. The third kappa shape index (κ3) is 3.41. The van der Waals surface area contributed by atoms with Crippen LogP contribution in [0.5, 0.6) is 0 Å². The Hall–Kier alpha value is -1.22. The Balaban J connectivity index is 2.34. The number of nitrogen functional groups attached to an aromatic ring is 1. The molecule has 0 saturated carbocycles. The van der Waals surface area contributed by atoms with Crippen LogP contribution in [0.3, 0.4) is 0 Å². The van der Waals surface area contributed by atoms with E-state index in [1.54, 1.807) is 24.5 Å². The van der Waals surface area contributed by atoms with Gasteiger partial charge in [0.1, 0.15) is 0 Å². The summed E-state index contributed by atoms with van der Waals surface area (Å²) >= 11 is 1.60. The van der Waals surface area contributed by atoms with Crippen LogP contribution in [0.25, 0.3) is 0 Å². The van der Waals surface area contributed by atoms with Crippen LogP contribution >= 0.6 is 19.1 Å². The first-order valence-corrected chi connectivity index (χ1v) is 8.68. The van der Waals surface area contributed by atoms with Crippen molar-refractivity contribution in [1.82, 2.24) is 0 Å². The van der Waals surface area contributed by atoms with Crippen LogP contribution in [0.2, 0.25) is 0 Å². The van der Waals surface area contributed by atoms with Gasteiger partial charge in [0.2, 0.25) is 7.37 Å². The van der Waals surface area contributed by atoms with Gasteiger partial charge in [0.15, 0.2) is 0 Å². The summed E-state index contributed by atoms with van der Waals surface area (Å²) in [5.41, 5.74) is 6.39. The molecule has 0 saturated heterocycles. The Morgan fingerprint density at radius 2 is 1.79 bits per heavy atom. The molecule has 0 aliphatic heterocycles. The molecule has 19 heavy (non-hydrogen) atoms. The molecule has 0 bridgehead atoms. The first-order chi connectivity index (χ1) is 9.03. The minimum atomic E-state index is -2.83. The predicted octanol–water partition coefficient (Wildman–Crippen LogP) is 3.60. The maximum absolute atomic E-state index is 12.3. The smallest absolute Gasteiger partial charge is 0.230 e. The van der Waals surface area contributed by atoms with E-state index >= 15 is 0 Å². The number of rotatable bonds is 4. The highest BCUT2D eigenvalue weighted by Crippen LogP contribution is 2.43. The lowest BCUT2D eigenvalue weighted by molar-refractivity contribution is 0.408. The van der Waals surface area contributed by atoms with E-state index < -0.39 is 7.37 Å². The van der Waals surface area contributed by atoms with E-state index in [9.17, 15) is 4.57 Å². The molecular weight excluding hydrogens is 277 g/mol. The van der Waals surface area contributed by atoms with Crippen molar-refractivity contribution < 1.29 is 9.09 Å².